The summed E-state index contributed by atoms with van der Waals surface area (Å²) in [5.74, 6) is -0.506. The molecule has 1 aliphatic carbocycles. The van der Waals surface area contributed by atoms with Gasteiger partial charge in [-0.25, -0.2) is 4.79 Å². The summed E-state index contributed by atoms with van der Waals surface area (Å²) in [7, 11) is 0. The monoisotopic (exact) mass is 315 g/mol. The molecule has 3 rings (SSSR count). The summed E-state index contributed by atoms with van der Waals surface area (Å²) in [5, 5.41) is 0. The van der Waals surface area contributed by atoms with Gasteiger partial charge in [-0.3, -0.25) is 4.79 Å². The summed E-state index contributed by atoms with van der Waals surface area (Å²) < 4.78 is 5.21. The van der Waals surface area contributed by atoms with Crippen molar-refractivity contribution in [2.75, 3.05) is 13.2 Å². The Hall–Kier alpha value is -1.84. The van der Waals surface area contributed by atoms with Crippen LogP contribution < -0.4 is 0 Å². The molecule has 0 spiro atoms. The Bertz CT molecular complexity index is 610. The summed E-state index contributed by atoms with van der Waals surface area (Å²) in [6.45, 7) is 7.44. The fraction of sp³-hybridized carbons (Fsp3) is 0.579. The molecular weight excluding hydrogens is 290 g/mol. The molecule has 2 aliphatic rings. The van der Waals surface area contributed by atoms with Crippen molar-refractivity contribution in [1.29, 1.82) is 0 Å². The second-order valence-corrected chi connectivity index (χ2v) is 8.18. The number of carbonyl (C=O) groups is 2. The molecule has 1 aromatic carbocycles. The topological polar surface area (TPSA) is 46.6 Å². The van der Waals surface area contributed by atoms with Gasteiger partial charge in [0.05, 0.1) is 5.56 Å². The number of nitrogens with zero attached hydrogens (tertiary/aromatic N) is 1. The first-order valence-electron chi connectivity index (χ1n) is 8.30. The van der Waals surface area contributed by atoms with E-state index in [2.05, 4.69) is 20.8 Å². The first-order chi connectivity index (χ1) is 10.8. The van der Waals surface area contributed by atoms with Gasteiger partial charge < -0.3 is 9.64 Å². The molecule has 4 heteroatoms. The predicted molar refractivity (Wildman–Crippen MR) is 88.0 cm³/mol. The fourth-order valence-electron chi connectivity index (χ4n) is 4.62. The van der Waals surface area contributed by atoms with E-state index in [0.29, 0.717) is 5.56 Å². The maximum absolute atomic E-state index is 12.5. The lowest BCUT2D eigenvalue weighted by Gasteiger charge is -2.39. The molecule has 1 aromatic rings. The van der Waals surface area contributed by atoms with Crippen molar-refractivity contribution in [3.63, 3.8) is 0 Å². The van der Waals surface area contributed by atoms with Crippen LogP contribution in [0.15, 0.2) is 30.3 Å². The van der Waals surface area contributed by atoms with Crippen molar-refractivity contribution < 1.29 is 14.3 Å². The number of fused-ring (bicyclic) bond motifs is 2. The lowest BCUT2D eigenvalue weighted by molar-refractivity contribution is -0.135. The molecule has 1 saturated heterocycles. The van der Waals surface area contributed by atoms with Crippen LogP contribution in [-0.4, -0.2) is 36.0 Å². The van der Waals surface area contributed by atoms with E-state index >= 15 is 0 Å². The van der Waals surface area contributed by atoms with E-state index in [1.54, 1.807) is 24.3 Å². The maximum Gasteiger partial charge on any atom is 0.338 e. The van der Waals surface area contributed by atoms with E-state index in [1.165, 1.54) is 0 Å². The molecule has 0 N–H and O–H groups in total. The van der Waals surface area contributed by atoms with Gasteiger partial charge >= 0.3 is 5.97 Å². The lowest BCUT2D eigenvalue weighted by atomic mass is 9.65. The minimum Gasteiger partial charge on any atom is -0.452 e. The number of carbonyl (C=O) groups excluding carboxylic acids is 2. The van der Waals surface area contributed by atoms with Crippen molar-refractivity contribution in [2.24, 2.45) is 10.8 Å². The molecule has 2 bridgehead atoms. The zero-order valence-corrected chi connectivity index (χ0v) is 14.2. The Morgan fingerprint density at radius 2 is 1.87 bits per heavy atom. The predicted octanol–water partition coefficient (Wildman–Crippen LogP) is 3.27. The molecule has 0 radical (unpaired) electrons. The summed E-state index contributed by atoms with van der Waals surface area (Å²) in [5.41, 5.74) is 0.951. The van der Waals surface area contributed by atoms with Gasteiger partial charge in [-0.15, -0.1) is 0 Å². The largest absolute Gasteiger partial charge is 0.452 e. The second-order valence-electron chi connectivity index (χ2n) is 8.18. The third-order valence-corrected chi connectivity index (χ3v) is 5.07. The van der Waals surface area contributed by atoms with Crippen LogP contribution in [0.4, 0.5) is 0 Å². The van der Waals surface area contributed by atoms with Crippen LogP contribution in [0, 0.1) is 10.8 Å². The number of amides is 1. The molecule has 0 aromatic heterocycles. The summed E-state index contributed by atoms with van der Waals surface area (Å²) in [4.78, 5) is 26.4. The third-order valence-electron chi connectivity index (χ3n) is 5.07. The number of benzene rings is 1. The Morgan fingerprint density at radius 1 is 1.17 bits per heavy atom. The zero-order chi connectivity index (χ0) is 16.7. The van der Waals surface area contributed by atoms with E-state index in [1.807, 2.05) is 11.0 Å². The first-order valence-corrected chi connectivity index (χ1v) is 8.30. The molecule has 124 valence electrons. The maximum atomic E-state index is 12.5. The van der Waals surface area contributed by atoms with Crippen LogP contribution in [0.2, 0.25) is 0 Å². The Balaban J connectivity index is 1.60. The van der Waals surface area contributed by atoms with Gasteiger partial charge in [0, 0.05) is 12.6 Å². The summed E-state index contributed by atoms with van der Waals surface area (Å²) in [6, 6.07) is 9.08. The molecule has 1 aliphatic heterocycles. The number of ether oxygens (including phenoxy) is 1. The number of hydrogen-bond acceptors (Lipinski definition) is 3. The van der Waals surface area contributed by atoms with E-state index in [9.17, 15) is 9.59 Å². The van der Waals surface area contributed by atoms with Crippen molar-refractivity contribution >= 4 is 11.9 Å². The first kappa shape index (κ1) is 16.0. The normalized spacial score (nSPS) is 28.5. The number of esters is 1. The van der Waals surface area contributed by atoms with Gasteiger partial charge in [0.2, 0.25) is 0 Å². The van der Waals surface area contributed by atoms with E-state index in [0.717, 1.165) is 25.8 Å². The highest BCUT2D eigenvalue weighted by Crippen LogP contribution is 2.52. The quantitative estimate of drug-likeness (QED) is 0.804. The standard InChI is InChI=1S/C19H25NO3/c1-18(2)9-15-10-19(3,12-18)13-20(15)16(21)11-23-17(22)14-7-5-4-6-8-14/h4-8,15H,9-13H2,1-3H3/t15-,19+/m1/s1. The average Bonchev–Trinajstić information content (AvgIpc) is 2.74. The van der Waals surface area contributed by atoms with Gasteiger partial charge in [-0.1, -0.05) is 39.0 Å². The molecular formula is C19H25NO3. The molecule has 1 amide bonds. The van der Waals surface area contributed by atoms with E-state index in [4.69, 9.17) is 4.74 Å². The number of hydrogen-bond donors (Lipinski definition) is 0. The lowest BCUT2D eigenvalue weighted by Crippen LogP contribution is -2.39. The Kier molecular flexibility index (Phi) is 3.95. The van der Waals surface area contributed by atoms with Crippen LogP contribution in [0.1, 0.15) is 50.4 Å². The average molecular weight is 315 g/mol. The highest BCUT2D eigenvalue weighted by atomic mass is 16.5. The summed E-state index contributed by atoms with van der Waals surface area (Å²) in [6.07, 6.45) is 3.24. The van der Waals surface area contributed by atoms with Crippen LogP contribution in [0.25, 0.3) is 0 Å². The van der Waals surface area contributed by atoms with Crippen LogP contribution in [-0.2, 0) is 9.53 Å². The molecule has 0 unspecified atom stereocenters. The smallest absolute Gasteiger partial charge is 0.338 e. The molecule has 2 atom stereocenters. The highest BCUT2D eigenvalue weighted by molar-refractivity contribution is 5.91. The van der Waals surface area contributed by atoms with Crippen molar-refractivity contribution in [2.45, 2.75) is 46.1 Å². The molecule has 4 nitrogen and oxygen atoms in total. The molecule has 1 heterocycles. The fourth-order valence-corrected chi connectivity index (χ4v) is 4.62. The minimum atomic E-state index is -0.437. The van der Waals surface area contributed by atoms with E-state index in [-0.39, 0.29) is 29.4 Å². The molecule has 23 heavy (non-hydrogen) atoms. The minimum absolute atomic E-state index is 0.0688. The van der Waals surface area contributed by atoms with Crippen LogP contribution >= 0.6 is 0 Å². The van der Waals surface area contributed by atoms with Gasteiger partial charge in [-0.05, 0) is 42.2 Å². The Morgan fingerprint density at radius 3 is 2.57 bits per heavy atom. The molecule has 2 fully saturated rings. The van der Waals surface area contributed by atoms with Crippen molar-refractivity contribution in [1.82, 2.24) is 4.90 Å². The second kappa shape index (κ2) is 5.66. The van der Waals surface area contributed by atoms with Crippen LogP contribution in [0.5, 0.6) is 0 Å². The van der Waals surface area contributed by atoms with Gasteiger partial charge in [-0.2, -0.15) is 0 Å². The Labute approximate surface area is 137 Å². The number of rotatable bonds is 3. The highest BCUT2D eigenvalue weighted by Gasteiger charge is 2.50. The van der Waals surface area contributed by atoms with Gasteiger partial charge in [0.25, 0.3) is 5.91 Å². The zero-order valence-electron chi connectivity index (χ0n) is 14.2. The van der Waals surface area contributed by atoms with Crippen LogP contribution in [0.3, 0.4) is 0 Å². The van der Waals surface area contributed by atoms with Crippen molar-refractivity contribution in [3.8, 4) is 0 Å². The third kappa shape index (κ3) is 3.41. The SMILES string of the molecule is CC1(C)C[C@@H]2C[C@](C)(CN2C(=O)COC(=O)c2ccccc2)C1. The molecule has 1 saturated carbocycles. The van der Waals surface area contributed by atoms with Crippen molar-refractivity contribution in [3.05, 3.63) is 35.9 Å². The summed E-state index contributed by atoms with van der Waals surface area (Å²) >= 11 is 0. The number of likely N-dealkylation sites (tertiary alicyclic amines) is 1. The van der Waals surface area contributed by atoms with Gasteiger partial charge in [0.15, 0.2) is 6.61 Å². The van der Waals surface area contributed by atoms with Gasteiger partial charge in [0.1, 0.15) is 0 Å². The van der Waals surface area contributed by atoms with E-state index < -0.39 is 5.97 Å².